The summed E-state index contributed by atoms with van der Waals surface area (Å²) in [5.74, 6) is 0.215. The fourth-order valence-corrected chi connectivity index (χ4v) is 5.21. The number of amides is 2. The number of esters is 1. The molecule has 0 bridgehead atoms. The highest BCUT2D eigenvalue weighted by Crippen LogP contribution is 2.35. The maximum atomic E-state index is 12.5. The molecule has 0 unspecified atom stereocenters. The number of methoxy groups -OCH3 is 1. The monoisotopic (exact) mass is 589 g/mol. The molecule has 2 amide bonds. The summed E-state index contributed by atoms with van der Waals surface area (Å²) in [5, 5.41) is 20.1. The van der Waals surface area contributed by atoms with Crippen LogP contribution in [-0.2, 0) is 9.53 Å². The van der Waals surface area contributed by atoms with Crippen LogP contribution in [0.4, 0.5) is 4.79 Å². The lowest BCUT2D eigenvalue weighted by Gasteiger charge is -2.28. The van der Waals surface area contributed by atoms with Gasteiger partial charge in [0.15, 0.2) is 17.7 Å². The van der Waals surface area contributed by atoms with Gasteiger partial charge in [0.1, 0.15) is 6.61 Å². The molecule has 0 spiro atoms. The molecule has 4 rings (SSSR count). The van der Waals surface area contributed by atoms with Gasteiger partial charge in [-0.15, -0.1) is 0 Å². The SMILES string of the molecule is CCOc1cc([C@H]2NC(=O)NC(C)=C2C(=O)OC)ccc1OC[C@H](O)N/N=C\c1cc(C)n(-c2cc(C)cc(C)c2)c1C. The zero-order valence-corrected chi connectivity index (χ0v) is 25.6. The number of aliphatic hydroxyl groups is 1. The molecule has 11 heteroatoms. The Bertz CT molecular complexity index is 1550. The van der Waals surface area contributed by atoms with Crippen molar-refractivity contribution in [2.24, 2.45) is 5.10 Å². The summed E-state index contributed by atoms with van der Waals surface area (Å²) in [6.07, 6.45) is 0.570. The molecule has 1 aliphatic heterocycles. The standard InChI is InChI=1S/C32H39N5O6/c1-8-42-27-15-23(30-29(31(39)41-7)21(5)34-32(40)35-30)9-10-26(27)43-17-28(38)36-33-16-24-14-20(4)37(22(24)6)25-12-18(2)11-19(3)13-25/h9-16,28,30,36,38H,8,17H2,1-7H3,(H2,34,35,40)/b33-16-/t28-,30+/m0/s1. The molecule has 0 aliphatic carbocycles. The van der Waals surface area contributed by atoms with E-state index in [1.54, 1.807) is 31.3 Å². The highest BCUT2D eigenvalue weighted by atomic mass is 16.5. The van der Waals surface area contributed by atoms with Gasteiger partial charge in [0.25, 0.3) is 0 Å². The van der Waals surface area contributed by atoms with Gasteiger partial charge >= 0.3 is 12.0 Å². The third-order valence-electron chi connectivity index (χ3n) is 7.03. The van der Waals surface area contributed by atoms with Crippen molar-refractivity contribution in [3.05, 3.63) is 87.4 Å². The minimum absolute atomic E-state index is 0.116. The van der Waals surface area contributed by atoms with Crippen molar-refractivity contribution in [3.63, 3.8) is 0 Å². The number of aryl methyl sites for hydroxylation is 3. The average Bonchev–Trinajstić information content (AvgIpc) is 3.23. The predicted molar refractivity (Wildman–Crippen MR) is 164 cm³/mol. The Labute approximate surface area is 251 Å². The Balaban J connectivity index is 1.44. The van der Waals surface area contributed by atoms with Gasteiger partial charge in [-0.3, -0.25) is 5.43 Å². The van der Waals surface area contributed by atoms with Crippen LogP contribution in [0.1, 0.15) is 53.5 Å². The number of carbonyl (C=O) groups is 2. The number of hydrogen-bond donors (Lipinski definition) is 4. The molecular weight excluding hydrogens is 550 g/mol. The Morgan fingerprint density at radius 1 is 1.07 bits per heavy atom. The first-order valence-electron chi connectivity index (χ1n) is 14.0. The molecule has 0 saturated heterocycles. The Morgan fingerprint density at radius 3 is 2.47 bits per heavy atom. The third kappa shape index (κ3) is 7.18. The fraction of sp³-hybridized carbons (Fsp3) is 0.344. The van der Waals surface area contributed by atoms with Gasteiger partial charge in [-0.2, -0.15) is 5.10 Å². The fourth-order valence-electron chi connectivity index (χ4n) is 5.21. The number of urea groups is 1. The first-order chi connectivity index (χ1) is 20.5. The van der Waals surface area contributed by atoms with Crippen LogP contribution >= 0.6 is 0 Å². The summed E-state index contributed by atoms with van der Waals surface area (Å²) in [5.41, 5.74) is 10.5. The van der Waals surface area contributed by atoms with E-state index in [1.807, 2.05) is 26.8 Å². The van der Waals surface area contributed by atoms with Gasteiger partial charge in [0, 0.05) is 28.3 Å². The number of nitrogens with zero attached hydrogens (tertiary/aromatic N) is 2. The van der Waals surface area contributed by atoms with Gasteiger partial charge in [-0.1, -0.05) is 12.1 Å². The van der Waals surface area contributed by atoms with Crippen LogP contribution in [0, 0.1) is 27.7 Å². The highest BCUT2D eigenvalue weighted by molar-refractivity contribution is 5.95. The smallest absolute Gasteiger partial charge is 0.337 e. The Hall–Kier alpha value is -4.77. The van der Waals surface area contributed by atoms with E-state index in [9.17, 15) is 14.7 Å². The largest absolute Gasteiger partial charge is 0.490 e. The Kier molecular flexibility index (Phi) is 9.77. The van der Waals surface area contributed by atoms with Crippen LogP contribution in [0.3, 0.4) is 0 Å². The maximum Gasteiger partial charge on any atom is 0.337 e. The second-order valence-corrected chi connectivity index (χ2v) is 10.4. The van der Waals surface area contributed by atoms with E-state index >= 15 is 0 Å². The topological polar surface area (TPSA) is 135 Å². The maximum absolute atomic E-state index is 12.5. The van der Waals surface area contributed by atoms with Crippen molar-refractivity contribution in [2.45, 2.75) is 53.8 Å². The second kappa shape index (κ2) is 13.5. The molecule has 228 valence electrons. The molecule has 0 radical (unpaired) electrons. The van der Waals surface area contributed by atoms with Gasteiger partial charge in [0.05, 0.1) is 31.5 Å². The number of hydrazone groups is 1. The van der Waals surface area contributed by atoms with Crippen LogP contribution in [0.5, 0.6) is 11.5 Å². The normalized spacial score (nSPS) is 15.6. The zero-order valence-electron chi connectivity index (χ0n) is 25.6. The number of hydrogen-bond acceptors (Lipinski definition) is 8. The number of aliphatic hydroxyl groups excluding tert-OH is 1. The number of ether oxygens (including phenoxy) is 3. The molecule has 2 atom stereocenters. The van der Waals surface area contributed by atoms with E-state index in [1.165, 1.54) is 18.2 Å². The zero-order chi connectivity index (χ0) is 31.3. The van der Waals surface area contributed by atoms with E-state index in [4.69, 9.17) is 14.2 Å². The number of benzene rings is 2. The van der Waals surface area contributed by atoms with E-state index < -0.39 is 24.3 Å². The second-order valence-electron chi connectivity index (χ2n) is 10.4. The molecule has 1 aliphatic rings. The molecule has 3 aromatic rings. The molecule has 1 aromatic heterocycles. The molecular formula is C32H39N5O6. The van der Waals surface area contributed by atoms with E-state index in [-0.39, 0.29) is 12.2 Å². The van der Waals surface area contributed by atoms with Crippen LogP contribution in [0.2, 0.25) is 0 Å². The summed E-state index contributed by atoms with van der Waals surface area (Å²) in [7, 11) is 1.28. The van der Waals surface area contributed by atoms with Gasteiger partial charge < -0.3 is 34.5 Å². The predicted octanol–water partition coefficient (Wildman–Crippen LogP) is 4.23. The number of aromatic nitrogens is 1. The molecule has 2 heterocycles. The summed E-state index contributed by atoms with van der Waals surface area (Å²) in [6, 6.07) is 12.4. The minimum atomic E-state index is -1.10. The van der Waals surface area contributed by atoms with Gasteiger partial charge in [-0.25, -0.2) is 9.59 Å². The lowest BCUT2D eigenvalue weighted by atomic mass is 9.95. The van der Waals surface area contributed by atoms with Crippen LogP contribution in [0.25, 0.3) is 5.69 Å². The Morgan fingerprint density at radius 2 is 1.79 bits per heavy atom. The molecule has 11 nitrogen and oxygen atoms in total. The summed E-state index contributed by atoms with van der Waals surface area (Å²) in [6.45, 7) is 11.9. The van der Waals surface area contributed by atoms with E-state index in [0.29, 0.717) is 29.4 Å². The van der Waals surface area contributed by atoms with Crippen molar-refractivity contribution >= 4 is 18.2 Å². The molecule has 0 saturated carbocycles. The molecule has 0 fully saturated rings. The number of nitrogens with one attached hydrogen (secondary N) is 3. The van der Waals surface area contributed by atoms with E-state index in [2.05, 4.69) is 57.8 Å². The average molecular weight is 590 g/mol. The third-order valence-corrected chi connectivity index (χ3v) is 7.03. The van der Waals surface area contributed by atoms with E-state index in [0.717, 1.165) is 22.6 Å². The molecule has 43 heavy (non-hydrogen) atoms. The summed E-state index contributed by atoms with van der Waals surface area (Å²) < 4.78 is 18.7. The van der Waals surface area contributed by atoms with Crippen LogP contribution in [-0.4, -0.2) is 54.4 Å². The summed E-state index contributed by atoms with van der Waals surface area (Å²) in [4.78, 5) is 24.6. The number of allylic oxidation sites excluding steroid dienone is 1. The number of carbonyl (C=O) groups excluding carboxylic acids is 2. The highest BCUT2D eigenvalue weighted by Gasteiger charge is 2.32. The van der Waals surface area contributed by atoms with Crippen LogP contribution in [0.15, 0.2) is 58.8 Å². The lowest BCUT2D eigenvalue weighted by molar-refractivity contribution is -0.136. The van der Waals surface area contributed by atoms with Crippen LogP contribution < -0.4 is 25.5 Å². The molecule has 4 N–H and O–H groups in total. The van der Waals surface area contributed by atoms with Crippen molar-refractivity contribution in [1.29, 1.82) is 0 Å². The van der Waals surface area contributed by atoms with Gasteiger partial charge in [-0.05, 0) is 88.6 Å². The van der Waals surface area contributed by atoms with Crippen molar-refractivity contribution in [1.82, 2.24) is 20.6 Å². The first-order valence-corrected chi connectivity index (χ1v) is 14.0. The number of rotatable bonds is 11. The van der Waals surface area contributed by atoms with Crippen molar-refractivity contribution < 1.29 is 28.9 Å². The lowest BCUT2D eigenvalue weighted by Crippen LogP contribution is -2.45. The van der Waals surface area contributed by atoms with Gasteiger partial charge in [0.2, 0.25) is 0 Å². The first kappa shape index (κ1) is 31.2. The van der Waals surface area contributed by atoms with Crippen molar-refractivity contribution in [3.8, 4) is 17.2 Å². The summed E-state index contributed by atoms with van der Waals surface area (Å²) >= 11 is 0. The molecule has 2 aromatic carbocycles. The quantitative estimate of drug-likeness (QED) is 0.114. The van der Waals surface area contributed by atoms with Crippen molar-refractivity contribution in [2.75, 3.05) is 20.3 Å². The minimum Gasteiger partial charge on any atom is -0.490 e.